The number of esters is 1. The number of halogens is 1. The number of rotatable bonds is 5. The first-order chi connectivity index (χ1) is 12.1. The molecule has 1 aromatic carbocycles. The van der Waals surface area contributed by atoms with Crippen LogP contribution >= 0.6 is 11.6 Å². The number of likely N-dealkylation sites (tertiary alicyclic amines) is 1. The summed E-state index contributed by atoms with van der Waals surface area (Å²) in [6.45, 7) is 4.51. The van der Waals surface area contributed by atoms with Gasteiger partial charge in [-0.2, -0.15) is 0 Å². The first kappa shape index (κ1) is 17.8. The highest BCUT2D eigenvalue weighted by Gasteiger charge is 2.34. The standard InChI is InChI=1S/C18H22ClN3O3/c1-2-25-17(23)15-14(11-22-9-3-4-10-22)20-18(24)21-16(15)12-5-7-13(19)8-6-12/h5-8,16H,2-4,9-11H2,1H3,(H2,20,21,24). The monoisotopic (exact) mass is 363 g/mol. The molecule has 6 nitrogen and oxygen atoms in total. The molecule has 134 valence electrons. The molecule has 0 bridgehead atoms. The van der Waals surface area contributed by atoms with Gasteiger partial charge in [0.25, 0.3) is 0 Å². The van der Waals surface area contributed by atoms with Crippen molar-refractivity contribution in [3.63, 3.8) is 0 Å². The van der Waals surface area contributed by atoms with Crippen LogP contribution in [0.15, 0.2) is 35.5 Å². The average Bonchev–Trinajstić information content (AvgIpc) is 3.08. The average molecular weight is 364 g/mol. The van der Waals surface area contributed by atoms with E-state index in [2.05, 4.69) is 15.5 Å². The second kappa shape index (κ2) is 7.89. The van der Waals surface area contributed by atoms with Crippen LogP contribution in [0.3, 0.4) is 0 Å². The molecule has 25 heavy (non-hydrogen) atoms. The molecular formula is C18H22ClN3O3. The lowest BCUT2D eigenvalue weighted by Gasteiger charge is -2.31. The van der Waals surface area contributed by atoms with Crippen LogP contribution in [-0.2, 0) is 9.53 Å². The van der Waals surface area contributed by atoms with E-state index >= 15 is 0 Å². The molecule has 2 N–H and O–H groups in total. The molecular weight excluding hydrogens is 342 g/mol. The zero-order valence-corrected chi connectivity index (χ0v) is 14.9. The van der Waals surface area contributed by atoms with Crippen molar-refractivity contribution in [2.24, 2.45) is 0 Å². The number of ether oxygens (including phenoxy) is 1. The third-order valence-corrected chi connectivity index (χ3v) is 4.68. The van der Waals surface area contributed by atoms with E-state index in [9.17, 15) is 9.59 Å². The summed E-state index contributed by atoms with van der Waals surface area (Å²) < 4.78 is 5.25. The minimum atomic E-state index is -0.553. The summed E-state index contributed by atoms with van der Waals surface area (Å²) in [7, 11) is 0. The zero-order chi connectivity index (χ0) is 17.8. The van der Waals surface area contributed by atoms with Crippen LogP contribution in [-0.4, -0.2) is 43.1 Å². The van der Waals surface area contributed by atoms with Crippen molar-refractivity contribution in [3.05, 3.63) is 46.1 Å². The molecule has 1 aromatic rings. The quantitative estimate of drug-likeness (QED) is 0.789. The van der Waals surface area contributed by atoms with Gasteiger partial charge in [-0.25, -0.2) is 9.59 Å². The Balaban J connectivity index is 1.98. The lowest BCUT2D eigenvalue weighted by molar-refractivity contribution is -0.139. The Hall–Kier alpha value is -2.05. The number of carbonyl (C=O) groups excluding carboxylic acids is 2. The first-order valence-corrected chi connectivity index (χ1v) is 8.91. The van der Waals surface area contributed by atoms with E-state index in [0.717, 1.165) is 31.5 Å². The van der Waals surface area contributed by atoms with Crippen LogP contribution < -0.4 is 10.6 Å². The van der Waals surface area contributed by atoms with Crippen molar-refractivity contribution in [2.45, 2.75) is 25.8 Å². The molecule has 2 amide bonds. The van der Waals surface area contributed by atoms with Crippen molar-refractivity contribution in [2.75, 3.05) is 26.2 Å². The van der Waals surface area contributed by atoms with Gasteiger partial charge in [-0.3, -0.25) is 4.90 Å². The van der Waals surface area contributed by atoms with Crippen molar-refractivity contribution < 1.29 is 14.3 Å². The zero-order valence-electron chi connectivity index (χ0n) is 14.2. The lowest BCUT2D eigenvalue weighted by Crippen LogP contribution is -2.48. The molecule has 1 saturated heterocycles. The molecule has 1 atom stereocenters. The maximum absolute atomic E-state index is 12.6. The highest BCUT2D eigenvalue weighted by atomic mass is 35.5. The molecule has 0 spiro atoms. The fourth-order valence-electron chi connectivity index (χ4n) is 3.26. The van der Waals surface area contributed by atoms with E-state index in [1.807, 2.05) is 12.1 Å². The minimum absolute atomic E-state index is 0.278. The highest BCUT2D eigenvalue weighted by Crippen LogP contribution is 2.29. The molecule has 0 saturated carbocycles. The van der Waals surface area contributed by atoms with Crippen LogP contribution in [0, 0.1) is 0 Å². The summed E-state index contributed by atoms with van der Waals surface area (Å²) in [5.74, 6) is -0.413. The Kier molecular flexibility index (Phi) is 5.60. The van der Waals surface area contributed by atoms with E-state index in [1.165, 1.54) is 0 Å². The van der Waals surface area contributed by atoms with E-state index in [0.29, 0.717) is 22.8 Å². The molecule has 1 unspecified atom stereocenters. The topological polar surface area (TPSA) is 70.7 Å². The largest absolute Gasteiger partial charge is 0.463 e. The number of hydrogen-bond donors (Lipinski definition) is 2. The second-order valence-electron chi connectivity index (χ2n) is 6.18. The van der Waals surface area contributed by atoms with Crippen molar-refractivity contribution in [1.29, 1.82) is 0 Å². The molecule has 0 radical (unpaired) electrons. The molecule has 3 rings (SSSR count). The van der Waals surface area contributed by atoms with Gasteiger partial charge in [-0.05, 0) is 50.6 Å². The van der Waals surface area contributed by atoms with Gasteiger partial charge in [-0.15, -0.1) is 0 Å². The number of amides is 2. The number of carbonyl (C=O) groups is 2. The fourth-order valence-corrected chi connectivity index (χ4v) is 3.39. The molecule has 0 aliphatic carbocycles. The molecule has 2 heterocycles. The number of benzene rings is 1. The van der Waals surface area contributed by atoms with Crippen LogP contribution in [0.1, 0.15) is 31.4 Å². The van der Waals surface area contributed by atoms with Crippen LogP contribution in [0.2, 0.25) is 5.02 Å². The Labute approximate surface area is 152 Å². The van der Waals surface area contributed by atoms with Gasteiger partial charge in [0.2, 0.25) is 0 Å². The van der Waals surface area contributed by atoms with Crippen molar-refractivity contribution in [3.8, 4) is 0 Å². The number of nitrogens with one attached hydrogen (secondary N) is 2. The van der Waals surface area contributed by atoms with E-state index in [1.54, 1.807) is 19.1 Å². The lowest BCUT2D eigenvalue weighted by atomic mass is 9.95. The smallest absolute Gasteiger partial charge is 0.338 e. The number of hydrogen-bond acceptors (Lipinski definition) is 4. The normalized spacial score (nSPS) is 21.0. The predicted octanol–water partition coefficient (Wildman–Crippen LogP) is 2.61. The van der Waals surface area contributed by atoms with Gasteiger partial charge in [0, 0.05) is 17.3 Å². The van der Waals surface area contributed by atoms with Gasteiger partial charge in [0.1, 0.15) is 0 Å². The Morgan fingerprint density at radius 2 is 1.96 bits per heavy atom. The van der Waals surface area contributed by atoms with Gasteiger partial charge in [0.15, 0.2) is 0 Å². The summed E-state index contributed by atoms with van der Waals surface area (Å²) in [4.78, 5) is 27.0. The van der Waals surface area contributed by atoms with Crippen molar-refractivity contribution >= 4 is 23.6 Å². The molecule has 7 heteroatoms. The first-order valence-electron chi connectivity index (χ1n) is 8.54. The fraction of sp³-hybridized carbons (Fsp3) is 0.444. The Morgan fingerprint density at radius 1 is 1.28 bits per heavy atom. The summed E-state index contributed by atoms with van der Waals surface area (Å²) in [5.41, 5.74) is 1.86. The summed E-state index contributed by atoms with van der Waals surface area (Å²) in [6, 6.07) is 6.24. The van der Waals surface area contributed by atoms with Crippen molar-refractivity contribution in [1.82, 2.24) is 15.5 Å². The second-order valence-corrected chi connectivity index (χ2v) is 6.62. The Bertz CT molecular complexity index is 681. The SMILES string of the molecule is CCOC(=O)C1=C(CN2CCCC2)NC(=O)NC1c1ccc(Cl)cc1. The third kappa shape index (κ3) is 4.14. The maximum atomic E-state index is 12.6. The van der Waals surface area contributed by atoms with Gasteiger partial charge < -0.3 is 15.4 Å². The molecule has 2 aliphatic rings. The highest BCUT2D eigenvalue weighted by molar-refractivity contribution is 6.30. The summed E-state index contributed by atoms with van der Waals surface area (Å²) in [6.07, 6.45) is 2.27. The van der Waals surface area contributed by atoms with E-state index < -0.39 is 12.0 Å². The Morgan fingerprint density at radius 3 is 2.60 bits per heavy atom. The van der Waals surface area contributed by atoms with Crippen LogP contribution in [0.5, 0.6) is 0 Å². The van der Waals surface area contributed by atoms with Gasteiger partial charge in [-0.1, -0.05) is 23.7 Å². The summed E-state index contributed by atoms with van der Waals surface area (Å²) >= 11 is 5.96. The van der Waals surface area contributed by atoms with E-state index in [-0.39, 0.29) is 12.6 Å². The number of urea groups is 1. The third-order valence-electron chi connectivity index (χ3n) is 4.43. The van der Waals surface area contributed by atoms with Gasteiger partial charge >= 0.3 is 12.0 Å². The van der Waals surface area contributed by atoms with Gasteiger partial charge in [0.05, 0.1) is 18.2 Å². The molecule has 0 aromatic heterocycles. The van der Waals surface area contributed by atoms with Crippen LogP contribution in [0.25, 0.3) is 0 Å². The van der Waals surface area contributed by atoms with E-state index in [4.69, 9.17) is 16.3 Å². The maximum Gasteiger partial charge on any atom is 0.338 e. The molecule has 1 fully saturated rings. The number of nitrogens with zero attached hydrogens (tertiary/aromatic N) is 1. The minimum Gasteiger partial charge on any atom is -0.463 e. The van der Waals surface area contributed by atoms with Crippen LogP contribution in [0.4, 0.5) is 4.79 Å². The molecule has 2 aliphatic heterocycles. The summed E-state index contributed by atoms with van der Waals surface area (Å²) in [5, 5.41) is 6.23. The predicted molar refractivity (Wildman–Crippen MR) is 95.2 cm³/mol.